The van der Waals surface area contributed by atoms with Gasteiger partial charge in [-0.1, -0.05) is 0 Å². The van der Waals surface area contributed by atoms with E-state index in [1.807, 2.05) is 0 Å². The van der Waals surface area contributed by atoms with Crippen LogP contribution in [0.2, 0.25) is 0 Å². The first-order chi connectivity index (χ1) is 10.1. The Morgan fingerprint density at radius 2 is 2.09 bits per heavy atom. The summed E-state index contributed by atoms with van der Waals surface area (Å²) in [5, 5.41) is 10.1. The summed E-state index contributed by atoms with van der Waals surface area (Å²) in [6.07, 6.45) is -4.63. The van der Waals surface area contributed by atoms with Crippen molar-refractivity contribution in [3.63, 3.8) is 0 Å². The van der Waals surface area contributed by atoms with Crippen molar-refractivity contribution in [2.75, 3.05) is 17.3 Å². The summed E-state index contributed by atoms with van der Waals surface area (Å²) in [5.41, 5.74) is 0. The number of carboxylic acid groups (broad SMARTS) is 1. The lowest BCUT2D eigenvalue weighted by atomic mass is 9.97. The number of fused-ring (bicyclic) bond motifs is 1. The van der Waals surface area contributed by atoms with Crippen LogP contribution in [0.1, 0.15) is 0 Å². The fraction of sp³-hybridized carbons (Fsp3) is 0.700. The molecule has 0 aromatic heterocycles. The Balaban J connectivity index is 1.86. The van der Waals surface area contributed by atoms with Gasteiger partial charge in [-0.2, -0.15) is 13.2 Å². The van der Waals surface area contributed by atoms with Gasteiger partial charge in [-0.3, -0.25) is 13.8 Å². The molecule has 124 valence electrons. The number of β-lactam (4-membered cyclic amide) rings is 1. The van der Waals surface area contributed by atoms with Gasteiger partial charge < -0.3 is 15.3 Å². The monoisotopic (exact) mass is 360 g/mol. The molecule has 2 heterocycles. The SMILES string of the molecule is O=C(CS(=O)CC(F)(F)F)NC1C(=O)N2C(C(=O)O)SCC12. The summed E-state index contributed by atoms with van der Waals surface area (Å²) in [4.78, 5) is 35.3. The number of thioether (sulfide) groups is 1. The van der Waals surface area contributed by atoms with Gasteiger partial charge in [0.2, 0.25) is 11.8 Å². The second-order valence-corrected chi connectivity index (χ2v) is 7.30. The molecule has 0 bridgehead atoms. The van der Waals surface area contributed by atoms with Gasteiger partial charge in [-0.15, -0.1) is 11.8 Å². The number of carboxylic acids is 1. The lowest BCUT2D eigenvalue weighted by molar-refractivity contribution is -0.159. The molecular weight excluding hydrogens is 349 g/mol. The molecule has 0 saturated carbocycles. The molecule has 4 unspecified atom stereocenters. The van der Waals surface area contributed by atoms with Gasteiger partial charge in [-0.05, 0) is 0 Å². The van der Waals surface area contributed by atoms with Crippen molar-refractivity contribution >= 4 is 40.3 Å². The summed E-state index contributed by atoms with van der Waals surface area (Å²) in [7, 11) is -2.41. The number of carbonyl (C=O) groups excluding carboxylic acids is 2. The van der Waals surface area contributed by atoms with E-state index in [2.05, 4.69) is 5.32 Å². The second-order valence-electron chi connectivity index (χ2n) is 4.73. The average Bonchev–Trinajstić information content (AvgIpc) is 2.73. The van der Waals surface area contributed by atoms with E-state index in [-0.39, 0.29) is 0 Å². The maximum absolute atomic E-state index is 12.0. The molecule has 2 amide bonds. The highest BCUT2D eigenvalue weighted by Crippen LogP contribution is 2.38. The number of hydrogen-bond acceptors (Lipinski definition) is 5. The van der Waals surface area contributed by atoms with Gasteiger partial charge >= 0.3 is 12.1 Å². The van der Waals surface area contributed by atoms with Crippen molar-refractivity contribution < 1.29 is 36.9 Å². The summed E-state index contributed by atoms with van der Waals surface area (Å²) in [5.74, 6) is -4.84. The van der Waals surface area contributed by atoms with E-state index in [1.54, 1.807) is 0 Å². The number of halogens is 3. The number of nitrogens with one attached hydrogen (secondary N) is 1. The molecule has 22 heavy (non-hydrogen) atoms. The summed E-state index contributed by atoms with van der Waals surface area (Å²) in [6, 6.07) is -1.47. The van der Waals surface area contributed by atoms with Crippen LogP contribution in [0.5, 0.6) is 0 Å². The summed E-state index contributed by atoms with van der Waals surface area (Å²) >= 11 is 1.03. The lowest BCUT2D eigenvalue weighted by Gasteiger charge is -2.43. The quantitative estimate of drug-likeness (QED) is 0.619. The number of amides is 2. The molecule has 0 radical (unpaired) electrons. The minimum absolute atomic E-state index is 0.305. The van der Waals surface area contributed by atoms with E-state index in [4.69, 9.17) is 5.11 Å². The molecule has 2 fully saturated rings. The number of hydrogen-bond donors (Lipinski definition) is 2. The molecule has 2 N–H and O–H groups in total. The zero-order valence-electron chi connectivity index (χ0n) is 10.8. The van der Waals surface area contributed by atoms with Crippen molar-refractivity contribution in [2.45, 2.75) is 23.6 Å². The number of alkyl halides is 3. The molecule has 12 heteroatoms. The first kappa shape index (κ1) is 17.1. The Kier molecular flexibility index (Phi) is 4.70. The van der Waals surface area contributed by atoms with Crippen LogP contribution in [0.25, 0.3) is 0 Å². The van der Waals surface area contributed by atoms with E-state index < -0.39 is 63.7 Å². The zero-order chi connectivity index (χ0) is 16.7. The Morgan fingerprint density at radius 3 is 2.64 bits per heavy atom. The molecule has 0 aromatic rings. The zero-order valence-corrected chi connectivity index (χ0v) is 12.5. The largest absolute Gasteiger partial charge is 0.479 e. The third kappa shape index (κ3) is 3.54. The van der Waals surface area contributed by atoms with Crippen LogP contribution in [0.3, 0.4) is 0 Å². The molecule has 0 aromatic carbocycles. The smallest absolute Gasteiger partial charge is 0.400 e. The van der Waals surface area contributed by atoms with Crippen LogP contribution in [0.15, 0.2) is 0 Å². The molecular formula is C10H11F3N2O5S2. The number of nitrogens with zero attached hydrogens (tertiary/aromatic N) is 1. The number of rotatable bonds is 5. The molecule has 7 nitrogen and oxygen atoms in total. The highest BCUT2D eigenvalue weighted by molar-refractivity contribution is 8.00. The topological polar surface area (TPSA) is 104 Å². The predicted octanol–water partition coefficient (Wildman–Crippen LogP) is -0.849. The maximum Gasteiger partial charge on any atom is 0.400 e. The van der Waals surface area contributed by atoms with Gasteiger partial charge in [0.05, 0.1) is 6.04 Å². The highest BCUT2D eigenvalue weighted by Gasteiger charge is 2.57. The Bertz CT molecular complexity index is 541. The Hall–Kier alpha value is -1.30. The summed E-state index contributed by atoms with van der Waals surface area (Å²) < 4.78 is 47.2. The molecule has 2 aliphatic heterocycles. The van der Waals surface area contributed by atoms with E-state index in [0.717, 1.165) is 16.7 Å². The van der Waals surface area contributed by atoms with Gasteiger partial charge in [0.15, 0.2) is 5.37 Å². The van der Waals surface area contributed by atoms with Crippen LogP contribution < -0.4 is 5.32 Å². The van der Waals surface area contributed by atoms with Gasteiger partial charge in [-0.25, -0.2) is 4.79 Å². The van der Waals surface area contributed by atoms with E-state index >= 15 is 0 Å². The minimum Gasteiger partial charge on any atom is -0.479 e. The first-order valence-electron chi connectivity index (χ1n) is 5.98. The molecule has 0 aliphatic carbocycles. The van der Waals surface area contributed by atoms with Crippen molar-refractivity contribution in [1.29, 1.82) is 0 Å². The number of carbonyl (C=O) groups is 3. The Morgan fingerprint density at radius 1 is 1.45 bits per heavy atom. The minimum atomic E-state index is -4.63. The fourth-order valence-corrected chi connectivity index (χ4v) is 4.39. The third-order valence-corrected chi connectivity index (χ3v) is 5.60. The average molecular weight is 360 g/mol. The summed E-state index contributed by atoms with van der Waals surface area (Å²) in [6.45, 7) is 0. The molecule has 4 atom stereocenters. The standard InChI is InChI=1S/C10H11F3N2O5S2/c11-10(12,13)3-22(20)2-5(16)14-6-4-1-21-8(9(18)19)15(4)7(6)17/h4,6,8H,1-3H2,(H,14,16)(H,18,19). The highest BCUT2D eigenvalue weighted by atomic mass is 32.2. The van der Waals surface area contributed by atoms with Crippen LogP contribution in [-0.2, 0) is 25.2 Å². The fourth-order valence-electron chi connectivity index (χ4n) is 2.25. The predicted molar refractivity (Wildman–Crippen MR) is 70.4 cm³/mol. The van der Waals surface area contributed by atoms with Gasteiger partial charge in [0, 0.05) is 16.6 Å². The lowest BCUT2D eigenvalue weighted by Crippen LogP contribution is -2.71. The van der Waals surface area contributed by atoms with Gasteiger partial charge in [0.25, 0.3) is 0 Å². The van der Waals surface area contributed by atoms with Crippen LogP contribution in [-0.4, -0.2) is 72.9 Å². The Labute approximate surface area is 129 Å². The van der Waals surface area contributed by atoms with Crippen LogP contribution in [0.4, 0.5) is 13.2 Å². The van der Waals surface area contributed by atoms with Crippen molar-refractivity contribution in [3.05, 3.63) is 0 Å². The molecule has 2 aliphatic rings. The third-order valence-electron chi connectivity index (χ3n) is 3.08. The maximum atomic E-state index is 12.0. The molecule has 2 saturated heterocycles. The number of aliphatic carboxylic acids is 1. The molecule has 0 spiro atoms. The van der Waals surface area contributed by atoms with E-state index in [1.165, 1.54) is 0 Å². The van der Waals surface area contributed by atoms with Crippen molar-refractivity contribution in [2.24, 2.45) is 0 Å². The van der Waals surface area contributed by atoms with Crippen LogP contribution >= 0.6 is 11.8 Å². The van der Waals surface area contributed by atoms with Crippen molar-refractivity contribution in [3.8, 4) is 0 Å². The van der Waals surface area contributed by atoms with Crippen molar-refractivity contribution in [1.82, 2.24) is 10.2 Å². The second kappa shape index (κ2) is 6.07. The first-order valence-corrected chi connectivity index (χ1v) is 8.51. The van der Waals surface area contributed by atoms with E-state index in [9.17, 15) is 31.8 Å². The van der Waals surface area contributed by atoms with Gasteiger partial charge in [0.1, 0.15) is 17.5 Å². The van der Waals surface area contributed by atoms with E-state index in [0.29, 0.717) is 5.75 Å². The van der Waals surface area contributed by atoms with Crippen LogP contribution in [0, 0.1) is 0 Å². The normalized spacial score (nSPS) is 28.8. The molecule has 2 rings (SSSR count).